The maximum atomic E-state index is 13.2. The van der Waals surface area contributed by atoms with Gasteiger partial charge in [-0.1, -0.05) is 35.9 Å². The Kier molecular flexibility index (Phi) is 6.18. The highest BCUT2D eigenvalue weighted by atomic mass is 32.2. The van der Waals surface area contributed by atoms with Crippen LogP contribution in [0.25, 0.3) is 0 Å². The van der Waals surface area contributed by atoms with E-state index in [1.807, 2.05) is 24.3 Å². The number of nitrogens with zero attached hydrogens (tertiary/aromatic N) is 1. The number of hydrogen-bond acceptors (Lipinski definition) is 4. The van der Waals surface area contributed by atoms with Crippen LogP contribution < -0.4 is 5.32 Å². The van der Waals surface area contributed by atoms with E-state index in [1.165, 1.54) is 39.6 Å². The summed E-state index contributed by atoms with van der Waals surface area (Å²) in [5.41, 5.74) is 3.62. The van der Waals surface area contributed by atoms with Crippen LogP contribution in [0, 0.1) is 0 Å². The minimum absolute atomic E-state index is 0.122. The summed E-state index contributed by atoms with van der Waals surface area (Å²) in [7, 11) is -3.71. The Bertz CT molecular complexity index is 1020. The van der Waals surface area contributed by atoms with E-state index in [1.54, 1.807) is 11.4 Å². The van der Waals surface area contributed by atoms with Gasteiger partial charge in [-0.2, -0.15) is 4.31 Å². The number of hydrogen-bond donors (Lipinski definition) is 1. The number of rotatable bonds is 6. The Morgan fingerprint density at radius 3 is 2.72 bits per heavy atom. The Morgan fingerprint density at radius 1 is 1.10 bits per heavy atom. The zero-order valence-electron chi connectivity index (χ0n) is 16.4. The van der Waals surface area contributed by atoms with Crippen molar-refractivity contribution in [2.75, 3.05) is 13.1 Å². The lowest BCUT2D eigenvalue weighted by atomic mass is 9.97. The van der Waals surface area contributed by atoms with Crippen LogP contribution in [0.1, 0.15) is 52.9 Å². The molecule has 0 radical (unpaired) electrons. The highest BCUT2D eigenvalue weighted by Gasteiger charge is 2.32. The molecule has 4 rings (SSSR count). The highest BCUT2D eigenvalue weighted by Crippen LogP contribution is 2.29. The van der Waals surface area contributed by atoms with Crippen molar-refractivity contribution in [2.24, 2.45) is 0 Å². The molecule has 0 saturated carbocycles. The monoisotopic (exact) mass is 430 g/mol. The van der Waals surface area contributed by atoms with Gasteiger partial charge in [0, 0.05) is 19.6 Å². The average molecular weight is 431 g/mol. The third-order valence-electron chi connectivity index (χ3n) is 5.67. The molecule has 1 aliphatic heterocycles. The SMILES string of the molecule is O=C(NCCC1=CCCCC1)c1sccc1S(=O)(=O)N1CCc2ccccc2C1. The van der Waals surface area contributed by atoms with Crippen LogP contribution >= 0.6 is 11.3 Å². The first kappa shape index (κ1) is 20.3. The summed E-state index contributed by atoms with van der Waals surface area (Å²) < 4.78 is 28.0. The minimum Gasteiger partial charge on any atom is -0.351 e. The van der Waals surface area contributed by atoms with Crippen molar-refractivity contribution in [1.29, 1.82) is 0 Å². The van der Waals surface area contributed by atoms with E-state index in [0.29, 0.717) is 26.1 Å². The maximum absolute atomic E-state index is 13.2. The van der Waals surface area contributed by atoms with E-state index in [0.717, 1.165) is 24.8 Å². The number of benzene rings is 1. The molecule has 1 aliphatic carbocycles. The summed E-state index contributed by atoms with van der Waals surface area (Å²) in [4.78, 5) is 13.1. The van der Waals surface area contributed by atoms with Crippen molar-refractivity contribution in [3.8, 4) is 0 Å². The molecule has 0 spiro atoms. The number of amides is 1. The van der Waals surface area contributed by atoms with E-state index in [-0.39, 0.29) is 15.7 Å². The third kappa shape index (κ3) is 4.47. The molecule has 1 aromatic carbocycles. The normalized spacial score (nSPS) is 17.4. The van der Waals surface area contributed by atoms with Gasteiger partial charge >= 0.3 is 0 Å². The lowest BCUT2D eigenvalue weighted by molar-refractivity contribution is 0.0955. The topological polar surface area (TPSA) is 66.5 Å². The molecular weight excluding hydrogens is 404 g/mol. The largest absolute Gasteiger partial charge is 0.351 e. The molecule has 29 heavy (non-hydrogen) atoms. The molecule has 7 heteroatoms. The lowest BCUT2D eigenvalue weighted by Crippen LogP contribution is -2.36. The van der Waals surface area contributed by atoms with E-state index in [2.05, 4.69) is 11.4 Å². The van der Waals surface area contributed by atoms with Crippen molar-refractivity contribution >= 4 is 27.3 Å². The summed E-state index contributed by atoms with van der Waals surface area (Å²) in [6.45, 7) is 1.33. The van der Waals surface area contributed by atoms with E-state index >= 15 is 0 Å². The number of carbonyl (C=O) groups is 1. The molecule has 2 aromatic rings. The fraction of sp³-hybridized carbons (Fsp3) is 0.409. The first-order valence-corrected chi connectivity index (χ1v) is 12.5. The molecule has 0 unspecified atom stereocenters. The van der Waals surface area contributed by atoms with Gasteiger partial charge in [0.2, 0.25) is 10.0 Å². The van der Waals surface area contributed by atoms with Crippen molar-refractivity contribution in [1.82, 2.24) is 9.62 Å². The van der Waals surface area contributed by atoms with Gasteiger partial charge in [0.25, 0.3) is 5.91 Å². The number of fused-ring (bicyclic) bond motifs is 1. The fourth-order valence-corrected chi connectivity index (χ4v) is 6.76. The molecular formula is C22H26N2O3S2. The van der Waals surface area contributed by atoms with Gasteiger partial charge < -0.3 is 5.32 Å². The van der Waals surface area contributed by atoms with Crippen LogP contribution in [-0.4, -0.2) is 31.7 Å². The van der Waals surface area contributed by atoms with Crippen molar-refractivity contribution in [3.05, 3.63) is 63.4 Å². The molecule has 1 aromatic heterocycles. The Labute approximate surface area is 176 Å². The van der Waals surface area contributed by atoms with Crippen molar-refractivity contribution in [3.63, 3.8) is 0 Å². The highest BCUT2D eigenvalue weighted by molar-refractivity contribution is 7.89. The molecule has 2 aliphatic rings. The van der Waals surface area contributed by atoms with Crippen molar-refractivity contribution in [2.45, 2.75) is 50.0 Å². The molecule has 2 heterocycles. The second kappa shape index (κ2) is 8.81. The second-order valence-corrected chi connectivity index (χ2v) is 10.4. The van der Waals surface area contributed by atoms with Crippen LogP contribution in [-0.2, 0) is 23.0 Å². The Balaban J connectivity index is 1.45. The van der Waals surface area contributed by atoms with Gasteiger partial charge in [0.15, 0.2) is 0 Å². The molecule has 1 amide bonds. The number of thiophene rings is 1. The minimum atomic E-state index is -3.71. The smallest absolute Gasteiger partial charge is 0.262 e. The molecule has 1 N–H and O–H groups in total. The van der Waals surface area contributed by atoms with Crippen LogP contribution in [0.3, 0.4) is 0 Å². The predicted octanol–water partition coefficient (Wildman–Crippen LogP) is 4.12. The summed E-state index contributed by atoms with van der Waals surface area (Å²) in [6.07, 6.45) is 8.48. The molecule has 5 nitrogen and oxygen atoms in total. The fourth-order valence-electron chi connectivity index (χ4n) is 4.03. The van der Waals surface area contributed by atoms with Gasteiger partial charge in [-0.3, -0.25) is 4.79 Å². The molecule has 0 atom stereocenters. The van der Waals surface area contributed by atoms with Gasteiger partial charge in [-0.25, -0.2) is 8.42 Å². The summed E-state index contributed by atoms with van der Waals surface area (Å²) in [6, 6.07) is 9.48. The Morgan fingerprint density at radius 2 is 1.93 bits per heavy atom. The first-order valence-electron chi connectivity index (χ1n) is 10.2. The number of allylic oxidation sites excluding steroid dienone is 1. The summed E-state index contributed by atoms with van der Waals surface area (Å²) >= 11 is 1.19. The maximum Gasteiger partial charge on any atom is 0.262 e. The average Bonchev–Trinajstić information content (AvgIpc) is 3.25. The Hall–Kier alpha value is -1.96. The molecule has 0 saturated heterocycles. The third-order valence-corrected chi connectivity index (χ3v) is 8.60. The summed E-state index contributed by atoms with van der Waals surface area (Å²) in [5.74, 6) is -0.299. The summed E-state index contributed by atoms with van der Waals surface area (Å²) in [5, 5.41) is 4.59. The quantitative estimate of drug-likeness (QED) is 0.701. The van der Waals surface area contributed by atoms with Crippen molar-refractivity contribution < 1.29 is 13.2 Å². The molecule has 154 valence electrons. The standard InChI is InChI=1S/C22H26N2O3S2/c25-22(23-13-10-17-6-2-1-3-7-17)21-20(12-15-28-21)29(26,27)24-14-11-18-8-4-5-9-19(18)16-24/h4-6,8-9,12,15H,1-3,7,10-11,13-14,16H2,(H,23,25). The van der Waals surface area contributed by atoms with E-state index in [9.17, 15) is 13.2 Å². The van der Waals surface area contributed by atoms with Crippen LogP contribution in [0.2, 0.25) is 0 Å². The van der Waals surface area contributed by atoms with Gasteiger partial charge in [0.1, 0.15) is 9.77 Å². The zero-order valence-corrected chi connectivity index (χ0v) is 18.0. The van der Waals surface area contributed by atoms with Gasteiger partial charge in [-0.15, -0.1) is 11.3 Å². The number of nitrogens with one attached hydrogen (secondary N) is 1. The van der Waals surface area contributed by atoms with Gasteiger partial charge in [-0.05, 0) is 61.1 Å². The lowest BCUT2D eigenvalue weighted by Gasteiger charge is -2.28. The van der Waals surface area contributed by atoms with E-state index in [4.69, 9.17) is 0 Å². The predicted molar refractivity (Wildman–Crippen MR) is 116 cm³/mol. The molecule has 0 fully saturated rings. The van der Waals surface area contributed by atoms with E-state index < -0.39 is 10.0 Å². The molecule has 0 bridgehead atoms. The second-order valence-electron chi connectivity index (χ2n) is 7.59. The number of carbonyl (C=O) groups excluding carboxylic acids is 1. The van der Waals surface area contributed by atoms with Gasteiger partial charge in [0.05, 0.1) is 0 Å². The first-order chi connectivity index (χ1) is 14.1. The van der Waals surface area contributed by atoms with Crippen LogP contribution in [0.4, 0.5) is 0 Å². The zero-order chi connectivity index (χ0) is 20.3. The van der Waals surface area contributed by atoms with Crippen LogP contribution in [0.5, 0.6) is 0 Å². The van der Waals surface area contributed by atoms with Crippen LogP contribution in [0.15, 0.2) is 52.3 Å². The number of sulfonamides is 1.